The third-order valence-corrected chi connectivity index (χ3v) is 5.68. The molecule has 2 N–H and O–H groups in total. The number of nitrogens with zero attached hydrogens (tertiary/aromatic N) is 2. The minimum absolute atomic E-state index is 0.295. The first-order valence-electron chi connectivity index (χ1n) is 10.5. The number of methoxy groups -OCH3 is 2. The second-order valence-corrected chi connectivity index (χ2v) is 7.82. The van der Waals surface area contributed by atoms with Crippen LogP contribution < -0.4 is 20.1 Å². The first-order valence-corrected chi connectivity index (χ1v) is 10.5. The van der Waals surface area contributed by atoms with Gasteiger partial charge in [0, 0.05) is 12.1 Å². The smallest absolute Gasteiger partial charge is 0.466 e. The average Bonchev–Trinajstić information content (AvgIpc) is 2.88. The average molecular weight is 537 g/mol. The first-order chi connectivity index (χ1) is 17.9. The summed E-state index contributed by atoms with van der Waals surface area (Å²) in [6.07, 6.45) is -10.3. The molecule has 0 fully saturated rings. The van der Waals surface area contributed by atoms with Crippen LogP contribution in [-0.2, 0) is 19.1 Å². The summed E-state index contributed by atoms with van der Waals surface area (Å²) in [6, 6.07) is 10.5. The predicted octanol–water partition coefficient (Wildman–Crippen LogP) is 3.68. The number of nitrogens with two attached hydrogens (primary N) is 1. The van der Waals surface area contributed by atoms with E-state index in [1.54, 1.807) is 18.2 Å². The van der Waals surface area contributed by atoms with Crippen molar-refractivity contribution in [2.45, 2.75) is 18.1 Å². The number of hydrogen-bond acceptors (Lipinski definition) is 9. The molecule has 2 aliphatic rings. The Balaban J connectivity index is 2.04. The summed E-state index contributed by atoms with van der Waals surface area (Å²) in [5.41, 5.74) is 4.12. The molecule has 2 aromatic rings. The number of halogens is 5. The minimum atomic E-state index is -5.15. The molecular weight excluding hydrogens is 521 g/mol. The Kier molecular flexibility index (Phi) is 6.40. The molecule has 0 saturated carbocycles. The molecule has 0 saturated heterocycles. The summed E-state index contributed by atoms with van der Waals surface area (Å²) in [5.74, 6) is -7.81. The van der Waals surface area contributed by atoms with Crippen molar-refractivity contribution in [1.82, 2.24) is 0 Å². The normalized spacial score (nSPS) is 19.5. The van der Waals surface area contributed by atoms with Gasteiger partial charge >= 0.3 is 24.2 Å². The zero-order valence-electron chi connectivity index (χ0n) is 19.4. The number of carbonyl (C=O) groups excluding carboxylic acids is 2. The maximum absolute atomic E-state index is 15.3. The van der Waals surface area contributed by atoms with Gasteiger partial charge in [0.1, 0.15) is 11.5 Å². The molecule has 0 aliphatic carbocycles. The SMILES string of the molecule is COC(=O)C1=C(C(=O)OC)N(c2cc3c(cc2F)OC(F)(F)C(F)(F)O3)C(N)=C(C#N)C1c1ccccc1. The highest BCUT2D eigenvalue weighted by atomic mass is 19.3. The van der Waals surface area contributed by atoms with Crippen LogP contribution in [0, 0.1) is 17.1 Å². The van der Waals surface area contributed by atoms with Crippen molar-refractivity contribution in [2.75, 3.05) is 19.1 Å². The van der Waals surface area contributed by atoms with Crippen LogP contribution in [0.2, 0.25) is 0 Å². The number of fused-ring (bicyclic) bond motifs is 1. The van der Waals surface area contributed by atoms with Gasteiger partial charge in [-0.25, -0.2) is 14.0 Å². The largest absolute Gasteiger partial charge is 0.507 e. The molecule has 14 heteroatoms. The molecule has 0 radical (unpaired) electrons. The Morgan fingerprint density at radius 3 is 2.08 bits per heavy atom. The van der Waals surface area contributed by atoms with Crippen LogP contribution in [0.4, 0.5) is 27.6 Å². The molecule has 4 rings (SSSR count). The Hall–Kier alpha value is -4.80. The highest BCUT2D eigenvalue weighted by molar-refractivity contribution is 6.06. The van der Waals surface area contributed by atoms with E-state index in [0.29, 0.717) is 22.6 Å². The summed E-state index contributed by atoms with van der Waals surface area (Å²) in [6.45, 7) is 0. The second-order valence-electron chi connectivity index (χ2n) is 7.82. The van der Waals surface area contributed by atoms with Crippen LogP contribution in [0.25, 0.3) is 0 Å². The van der Waals surface area contributed by atoms with Crippen LogP contribution in [0.3, 0.4) is 0 Å². The number of esters is 2. The Bertz CT molecular complexity index is 1440. The number of carbonyl (C=O) groups is 2. The van der Waals surface area contributed by atoms with Crippen molar-refractivity contribution in [3.63, 3.8) is 0 Å². The number of benzene rings is 2. The van der Waals surface area contributed by atoms with Gasteiger partial charge in [-0.05, 0) is 5.56 Å². The van der Waals surface area contributed by atoms with Crippen molar-refractivity contribution in [3.05, 3.63) is 76.5 Å². The molecule has 9 nitrogen and oxygen atoms in total. The van der Waals surface area contributed by atoms with E-state index in [4.69, 9.17) is 15.2 Å². The second kappa shape index (κ2) is 9.25. The molecule has 0 bridgehead atoms. The standard InChI is InChI=1S/C24H16F5N3O6/c1-35-21(33)18-17(11-6-4-3-5-7-11)12(10-30)20(31)32(19(18)22(34)36-2)14-9-16-15(8-13(14)25)37-23(26,27)24(28,29)38-16/h3-9,17H,31H2,1-2H3. The fourth-order valence-electron chi connectivity index (χ4n) is 4.01. The predicted molar refractivity (Wildman–Crippen MR) is 117 cm³/mol. The quantitative estimate of drug-likeness (QED) is 0.460. The van der Waals surface area contributed by atoms with E-state index in [2.05, 4.69) is 9.47 Å². The molecule has 0 amide bonds. The van der Waals surface area contributed by atoms with E-state index in [1.165, 1.54) is 12.1 Å². The van der Waals surface area contributed by atoms with E-state index >= 15 is 4.39 Å². The van der Waals surface area contributed by atoms with Crippen molar-refractivity contribution < 1.29 is 50.5 Å². The summed E-state index contributed by atoms with van der Waals surface area (Å²) >= 11 is 0. The lowest BCUT2D eigenvalue weighted by Gasteiger charge is -2.37. The fourth-order valence-corrected chi connectivity index (χ4v) is 4.01. The number of hydrogen-bond donors (Lipinski definition) is 1. The lowest BCUT2D eigenvalue weighted by atomic mass is 9.81. The van der Waals surface area contributed by atoms with Gasteiger partial charge < -0.3 is 24.7 Å². The lowest BCUT2D eigenvalue weighted by Crippen LogP contribution is -2.52. The van der Waals surface area contributed by atoms with Gasteiger partial charge in [-0.15, -0.1) is 0 Å². The first kappa shape index (κ1) is 26.3. The van der Waals surface area contributed by atoms with Gasteiger partial charge in [0.2, 0.25) is 0 Å². The number of ether oxygens (including phenoxy) is 4. The number of rotatable bonds is 4. The number of nitriles is 1. The molecule has 1 atom stereocenters. The highest BCUT2D eigenvalue weighted by Gasteiger charge is 2.66. The van der Waals surface area contributed by atoms with Crippen LogP contribution >= 0.6 is 0 Å². The van der Waals surface area contributed by atoms with Crippen molar-refractivity contribution in [1.29, 1.82) is 5.26 Å². The van der Waals surface area contributed by atoms with Gasteiger partial charge in [0.05, 0.1) is 43.0 Å². The van der Waals surface area contributed by atoms with E-state index in [-0.39, 0.29) is 5.57 Å². The van der Waals surface area contributed by atoms with E-state index in [9.17, 15) is 32.4 Å². The molecule has 2 heterocycles. The van der Waals surface area contributed by atoms with Crippen LogP contribution in [0.5, 0.6) is 11.5 Å². The van der Waals surface area contributed by atoms with Gasteiger partial charge in [0.15, 0.2) is 17.3 Å². The molecule has 1 unspecified atom stereocenters. The van der Waals surface area contributed by atoms with Crippen molar-refractivity contribution in [3.8, 4) is 17.6 Å². The van der Waals surface area contributed by atoms with E-state index in [1.807, 2.05) is 6.07 Å². The third kappa shape index (κ3) is 4.01. The van der Waals surface area contributed by atoms with Crippen molar-refractivity contribution >= 4 is 17.6 Å². The maximum Gasteiger partial charge on any atom is 0.507 e. The van der Waals surface area contributed by atoms with Crippen LogP contribution in [0.15, 0.2) is 65.1 Å². The lowest BCUT2D eigenvalue weighted by molar-refractivity contribution is -0.391. The zero-order chi connectivity index (χ0) is 28.0. The minimum Gasteiger partial charge on any atom is -0.466 e. The summed E-state index contributed by atoms with van der Waals surface area (Å²) in [7, 11) is 1.92. The number of alkyl halides is 4. The summed E-state index contributed by atoms with van der Waals surface area (Å²) in [5, 5.41) is 9.97. The molecule has 0 aromatic heterocycles. The van der Waals surface area contributed by atoms with E-state index in [0.717, 1.165) is 14.2 Å². The van der Waals surface area contributed by atoms with Gasteiger partial charge in [0.25, 0.3) is 0 Å². The maximum atomic E-state index is 15.3. The van der Waals surface area contributed by atoms with Crippen molar-refractivity contribution in [2.24, 2.45) is 5.73 Å². The Morgan fingerprint density at radius 1 is 1.00 bits per heavy atom. The summed E-state index contributed by atoms with van der Waals surface area (Å²) in [4.78, 5) is 26.5. The van der Waals surface area contributed by atoms with Crippen LogP contribution in [0.1, 0.15) is 11.5 Å². The number of anilines is 1. The van der Waals surface area contributed by atoms with Gasteiger partial charge in [-0.1, -0.05) is 30.3 Å². The summed E-state index contributed by atoms with van der Waals surface area (Å²) < 4.78 is 87.7. The molecular formula is C24H16F5N3O6. The number of allylic oxidation sites excluding steroid dienone is 1. The highest BCUT2D eigenvalue weighted by Crippen LogP contribution is 2.50. The molecule has 2 aliphatic heterocycles. The zero-order valence-corrected chi connectivity index (χ0v) is 19.4. The van der Waals surface area contributed by atoms with Crippen LogP contribution in [-0.4, -0.2) is 38.4 Å². The van der Waals surface area contributed by atoms with E-state index < -0.39 is 70.2 Å². The Labute approximate surface area is 211 Å². The Morgan fingerprint density at radius 2 is 1.55 bits per heavy atom. The monoisotopic (exact) mass is 537 g/mol. The fraction of sp³-hybridized carbons (Fsp3) is 0.208. The molecule has 198 valence electrons. The topological polar surface area (TPSA) is 124 Å². The van der Waals surface area contributed by atoms with Gasteiger partial charge in [-0.3, -0.25) is 4.90 Å². The third-order valence-electron chi connectivity index (χ3n) is 5.68. The van der Waals surface area contributed by atoms with Gasteiger partial charge in [-0.2, -0.15) is 22.8 Å². The molecule has 0 spiro atoms. The molecule has 2 aromatic carbocycles. The molecule has 38 heavy (non-hydrogen) atoms.